The fraction of sp³-hybridized carbons (Fsp3) is 0.909. The predicted octanol–water partition coefficient (Wildman–Crippen LogP) is 1.09. The van der Waals surface area contributed by atoms with Gasteiger partial charge in [0.2, 0.25) is 0 Å². The highest BCUT2D eigenvalue weighted by Crippen LogP contribution is 2.21. The summed E-state index contributed by atoms with van der Waals surface area (Å²) in [5.41, 5.74) is 0. The van der Waals surface area contributed by atoms with Crippen LogP contribution in [0.3, 0.4) is 0 Å². The summed E-state index contributed by atoms with van der Waals surface area (Å²) in [6.07, 6.45) is 5.27. The second kappa shape index (κ2) is 6.08. The van der Waals surface area contributed by atoms with Crippen LogP contribution < -0.4 is 0 Å². The van der Waals surface area contributed by atoms with Crippen molar-refractivity contribution in [3.8, 4) is 0 Å². The van der Waals surface area contributed by atoms with E-state index in [1.807, 2.05) is 7.05 Å². The van der Waals surface area contributed by atoms with Crippen molar-refractivity contribution in [1.29, 1.82) is 0 Å². The summed E-state index contributed by atoms with van der Waals surface area (Å²) < 4.78 is 0. The normalized spacial score (nSPS) is 20.5. The summed E-state index contributed by atoms with van der Waals surface area (Å²) in [5.74, 6) is -0.931. The van der Waals surface area contributed by atoms with Gasteiger partial charge in [0, 0.05) is 12.6 Å². The first kappa shape index (κ1) is 12.5. The zero-order valence-corrected chi connectivity index (χ0v) is 9.35. The van der Waals surface area contributed by atoms with Gasteiger partial charge in [-0.1, -0.05) is 19.3 Å². The highest BCUT2D eigenvalue weighted by atomic mass is 16.4. The van der Waals surface area contributed by atoms with Crippen LogP contribution >= 0.6 is 0 Å². The highest BCUT2D eigenvalue weighted by Gasteiger charge is 2.20. The molecule has 1 rings (SSSR count). The van der Waals surface area contributed by atoms with E-state index in [9.17, 15) is 9.90 Å². The van der Waals surface area contributed by atoms with E-state index in [0.29, 0.717) is 12.6 Å². The van der Waals surface area contributed by atoms with Crippen LogP contribution in [-0.4, -0.2) is 46.8 Å². The van der Waals surface area contributed by atoms with Crippen molar-refractivity contribution < 1.29 is 15.0 Å². The molecule has 0 bridgehead atoms. The van der Waals surface area contributed by atoms with Crippen molar-refractivity contribution in [2.75, 3.05) is 13.6 Å². The van der Waals surface area contributed by atoms with Crippen molar-refractivity contribution >= 4 is 5.97 Å². The van der Waals surface area contributed by atoms with E-state index in [4.69, 9.17) is 5.11 Å². The molecule has 15 heavy (non-hydrogen) atoms. The molecule has 1 aliphatic carbocycles. The number of hydrogen-bond donors (Lipinski definition) is 2. The molecule has 0 aliphatic heterocycles. The lowest BCUT2D eigenvalue weighted by molar-refractivity contribution is -0.139. The first-order valence-corrected chi connectivity index (χ1v) is 5.69. The Labute approximate surface area is 90.9 Å². The first-order valence-electron chi connectivity index (χ1n) is 5.69. The molecule has 0 amide bonds. The Morgan fingerprint density at radius 1 is 1.40 bits per heavy atom. The molecule has 1 fully saturated rings. The number of aliphatic carboxylic acids is 1. The Hall–Kier alpha value is -0.610. The molecule has 0 spiro atoms. The third-order valence-corrected chi connectivity index (χ3v) is 3.11. The molecule has 0 saturated heterocycles. The van der Waals surface area contributed by atoms with Crippen molar-refractivity contribution in [2.45, 2.75) is 50.7 Å². The standard InChI is InChI=1S/C11H21NO3/c1-12(8-10(13)7-11(14)15)9-5-3-2-4-6-9/h9-10,13H,2-8H2,1H3,(H,14,15). The topological polar surface area (TPSA) is 60.8 Å². The number of nitrogens with zero attached hydrogens (tertiary/aromatic N) is 1. The molecule has 0 aromatic carbocycles. The Morgan fingerprint density at radius 2 is 2.00 bits per heavy atom. The van der Waals surface area contributed by atoms with Gasteiger partial charge in [0.1, 0.15) is 0 Å². The fourth-order valence-electron chi connectivity index (χ4n) is 2.27. The summed E-state index contributed by atoms with van der Waals surface area (Å²) >= 11 is 0. The molecular weight excluding hydrogens is 194 g/mol. The molecule has 0 heterocycles. The second-order valence-electron chi connectivity index (χ2n) is 4.48. The SMILES string of the molecule is CN(CC(O)CC(=O)O)C1CCCCC1. The monoisotopic (exact) mass is 215 g/mol. The molecule has 1 atom stereocenters. The Balaban J connectivity index is 2.26. The number of likely N-dealkylation sites (N-methyl/N-ethyl adjacent to an activating group) is 1. The average molecular weight is 215 g/mol. The van der Waals surface area contributed by atoms with Gasteiger partial charge in [0.05, 0.1) is 12.5 Å². The van der Waals surface area contributed by atoms with Crippen molar-refractivity contribution in [3.63, 3.8) is 0 Å². The van der Waals surface area contributed by atoms with Gasteiger partial charge < -0.3 is 15.1 Å². The number of carboxylic acid groups (broad SMARTS) is 1. The number of hydrogen-bond acceptors (Lipinski definition) is 3. The number of aliphatic hydroxyl groups is 1. The van der Waals surface area contributed by atoms with Crippen LogP contribution in [0.25, 0.3) is 0 Å². The first-order chi connectivity index (χ1) is 7.09. The Morgan fingerprint density at radius 3 is 2.53 bits per heavy atom. The van der Waals surface area contributed by atoms with Crippen molar-refractivity contribution in [3.05, 3.63) is 0 Å². The lowest BCUT2D eigenvalue weighted by atomic mass is 9.94. The van der Waals surface area contributed by atoms with Crippen molar-refractivity contribution in [1.82, 2.24) is 4.90 Å². The van der Waals surface area contributed by atoms with Gasteiger partial charge in [-0.25, -0.2) is 0 Å². The van der Waals surface area contributed by atoms with Crippen LogP contribution in [0.5, 0.6) is 0 Å². The number of aliphatic hydroxyl groups excluding tert-OH is 1. The van der Waals surface area contributed by atoms with Crippen LogP contribution in [-0.2, 0) is 4.79 Å². The van der Waals surface area contributed by atoms with E-state index in [-0.39, 0.29) is 6.42 Å². The van der Waals surface area contributed by atoms with Crippen LogP contribution in [0.2, 0.25) is 0 Å². The highest BCUT2D eigenvalue weighted by molar-refractivity contribution is 5.67. The lowest BCUT2D eigenvalue weighted by Crippen LogP contribution is -2.39. The number of rotatable bonds is 5. The molecule has 88 valence electrons. The Bertz CT molecular complexity index is 202. The van der Waals surface area contributed by atoms with Gasteiger partial charge in [-0.2, -0.15) is 0 Å². The van der Waals surface area contributed by atoms with E-state index < -0.39 is 12.1 Å². The largest absolute Gasteiger partial charge is 0.481 e. The summed E-state index contributed by atoms with van der Waals surface area (Å²) in [6, 6.07) is 0.530. The van der Waals surface area contributed by atoms with Crippen LogP contribution in [0, 0.1) is 0 Å². The third kappa shape index (κ3) is 4.62. The zero-order chi connectivity index (χ0) is 11.3. The minimum atomic E-state index is -0.931. The van der Waals surface area contributed by atoms with E-state index in [1.54, 1.807) is 0 Å². The van der Waals surface area contributed by atoms with Gasteiger partial charge >= 0.3 is 5.97 Å². The van der Waals surface area contributed by atoms with Crippen molar-refractivity contribution in [2.24, 2.45) is 0 Å². The molecule has 2 N–H and O–H groups in total. The molecule has 0 aromatic rings. The average Bonchev–Trinajstić information content (AvgIpc) is 2.17. The van der Waals surface area contributed by atoms with E-state index >= 15 is 0 Å². The molecule has 1 unspecified atom stereocenters. The molecule has 0 aromatic heterocycles. The summed E-state index contributed by atoms with van der Waals surface area (Å²) in [7, 11) is 1.97. The summed E-state index contributed by atoms with van der Waals surface area (Å²) in [4.78, 5) is 12.5. The minimum Gasteiger partial charge on any atom is -0.481 e. The summed E-state index contributed by atoms with van der Waals surface area (Å²) in [5, 5.41) is 18.0. The van der Waals surface area contributed by atoms with Gasteiger partial charge in [0.15, 0.2) is 0 Å². The Kier molecular flexibility index (Phi) is 5.05. The lowest BCUT2D eigenvalue weighted by Gasteiger charge is -2.32. The van der Waals surface area contributed by atoms with Gasteiger partial charge in [-0.3, -0.25) is 4.79 Å². The maximum atomic E-state index is 10.4. The summed E-state index contributed by atoms with van der Waals surface area (Å²) in [6.45, 7) is 0.469. The number of carboxylic acids is 1. The number of carbonyl (C=O) groups is 1. The second-order valence-corrected chi connectivity index (χ2v) is 4.48. The maximum absolute atomic E-state index is 10.4. The van der Waals surface area contributed by atoms with E-state index in [0.717, 1.165) is 0 Å². The molecule has 0 radical (unpaired) electrons. The molecule has 4 heteroatoms. The molecule has 4 nitrogen and oxygen atoms in total. The third-order valence-electron chi connectivity index (χ3n) is 3.11. The van der Waals surface area contributed by atoms with Crippen LogP contribution in [0.15, 0.2) is 0 Å². The van der Waals surface area contributed by atoms with Crippen LogP contribution in [0.1, 0.15) is 38.5 Å². The van der Waals surface area contributed by atoms with E-state index in [2.05, 4.69) is 4.90 Å². The fourth-order valence-corrected chi connectivity index (χ4v) is 2.27. The predicted molar refractivity (Wildman–Crippen MR) is 57.8 cm³/mol. The van der Waals surface area contributed by atoms with Gasteiger partial charge in [-0.15, -0.1) is 0 Å². The quantitative estimate of drug-likeness (QED) is 0.720. The van der Waals surface area contributed by atoms with E-state index in [1.165, 1.54) is 32.1 Å². The molecular formula is C11H21NO3. The van der Waals surface area contributed by atoms with Gasteiger partial charge in [0.25, 0.3) is 0 Å². The maximum Gasteiger partial charge on any atom is 0.306 e. The zero-order valence-electron chi connectivity index (χ0n) is 9.35. The van der Waals surface area contributed by atoms with Gasteiger partial charge in [-0.05, 0) is 19.9 Å². The molecule has 1 saturated carbocycles. The molecule has 1 aliphatic rings. The minimum absolute atomic E-state index is 0.156. The smallest absolute Gasteiger partial charge is 0.306 e. The van der Waals surface area contributed by atoms with Crippen LogP contribution in [0.4, 0.5) is 0 Å².